The van der Waals surface area contributed by atoms with E-state index in [-0.39, 0.29) is 11.9 Å². The van der Waals surface area contributed by atoms with Gasteiger partial charge >= 0.3 is 0 Å². The molecule has 1 saturated carbocycles. The van der Waals surface area contributed by atoms with E-state index in [1.807, 2.05) is 36.4 Å². The zero-order valence-corrected chi connectivity index (χ0v) is 13.5. The molecular weight excluding hydrogens is 286 g/mol. The maximum Gasteiger partial charge on any atom is 0.251 e. The first kappa shape index (κ1) is 15.6. The van der Waals surface area contributed by atoms with Crippen LogP contribution < -0.4 is 10.1 Å². The normalized spacial score (nSPS) is 16.0. The Kier molecular flexibility index (Phi) is 4.96. The summed E-state index contributed by atoms with van der Waals surface area (Å²) in [6, 6.07) is 17.7. The number of methoxy groups -OCH3 is 1. The zero-order chi connectivity index (χ0) is 16.1. The monoisotopic (exact) mass is 309 g/mol. The Morgan fingerprint density at radius 1 is 1.09 bits per heavy atom. The van der Waals surface area contributed by atoms with Crippen molar-refractivity contribution >= 4 is 5.91 Å². The first-order valence-electron chi connectivity index (χ1n) is 8.28. The molecule has 1 aliphatic carbocycles. The van der Waals surface area contributed by atoms with Gasteiger partial charge in [-0.3, -0.25) is 4.79 Å². The number of rotatable bonds is 5. The fraction of sp³-hybridized carbons (Fsp3) is 0.350. The van der Waals surface area contributed by atoms with Gasteiger partial charge in [-0.1, -0.05) is 49.2 Å². The number of nitrogens with one attached hydrogen (secondary N) is 1. The summed E-state index contributed by atoms with van der Waals surface area (Å²) in [6.45, 7) is 0. The minimum atomic E-state index is -0.0374. The number of hydrogen-bond donors (Lipinski definition) is 1. The molecular formula is C20H23NO2. The predicted molar refractivity (Wildman–Crippen MR) is 91.6 cm³/mol. The number of benzene rings is 2. The van der Waals surface area contributed by atoms with Crippen molar-refractivity contribution in [3.63, 3.8) is 0 Å². The van der Waals surface area contributed by atoms with Crippen LogP contribution in [0.1, 0.15) is 47.6 Å². The van der Waals surface area contributed by atoms with E-state index in [4.69, 9.17) is 4.74 Å². The van der Waals surface area contributed by atoms with Crippen molar-refractivity contribution in [2.75, 3.05) is 7.11 Å². The standard InChI is InChI=1S/C20H23NO2/c1-23-18-13-7-12-17(14-18)20(22)21-19(16-10-5-6-11-16)15-8-3-2-4-9-15/h2-4,7-9,12-14,16,19H,5-6,10-11H2,1H3,(H,21,22)/t19-/m1/s1. The molecule has 3 rings (SSSR count). The average Bonchev–Trinajstić information content (AvgIpc) is 3.14. The molecule has 3 heteroatoms. The molecule has 0 spiro atoms. The van der Waals surface area contributed by atoms with Gasteiger partial charge < -0.3 is 10.1 Å². The van der Waals surface area contributed by atoms with Gasteiger partial charge in [-0.2, -0.15) is 0 Å². The molecule has 1 atom stereocenters. The van der Waals surface area contributed by atoms with Crippen molar-refractivity contribution in [2.45, 2.75) is 31.7 Å². The van der Waals surface area contributed by atoms with E-state index in [1.165, 1.54) is 31.2 Å². The average molecular weight is 309 g/mol. The summed E-state index contributed by atoms with van der Waals surface area (Å²) >= 11 is 0. The third-order valence-corrected chi connectivity index (χ3v) is 4.65. The van der Waals surface area contributed by atoms with Crippen LogP contribution in [0.5, 0.6) is 5.75 Å². The second-order valence-electron chi connectivity index (χ2n) is 6.14. The minimum absolute atomic E-state index is 0.0374. The van der Waals surface area contributed by atoms with Gasteiger partial charge in [-0.15, -0.1) is 0 Å². The fourth-order valence-electron chi connectivity index (χ4n) is 3.41. The van der Waals surface area contributed by atoms with Crippen LogP contribution in [0.2, 0.25) is 0 Å². The topological polar surface area (TPSA) is 38.3 Å². The van der Waals surface area contributed by atoms with E-state index in [1.54, 1.807) is 13.2 Å². The van der Waals surface area contributed by atoms with Gasteiger partial charge in [0.15, 0.2) is 0 Å². The van der Waals surface area contributed by atoms with E-state index in [2.05, 4.69) is 17.4 Å². The van der Waals surface area contributed by atoms with Crippen molar-refractivity contribution < 1.29 is 9.53 Å². The van der Waals surface area contributed by atoms with Gasteiger partial charge in [0, 0.05) is 5.56 Å². The number of carbonyl (C=O) groups excluding carboxylic acids is 1. The molecule has 1 fully saturated rings. The van der Waals surface area contributed by atoms with Gasteiger partial charge in [0.05, 0.1) is 13.2 Å². The number of carbonyl (C=O) groups is 1. The largest absolute Gasteiger partial charge is 0.497 e. The Balaban J connectivity index is 1.81. The number of ether oxygens (including phenoxy) is 1. The highest BCUT2D eigenvalue weighted by Gasteiger charge is 2.27. The highest BCUT2D eigenvalue weighted by atomic mass is 16.5. The summed E-state index contributed by atoms with van der Waals surface area (Å²) in [5.41, 5.74) is 1.83. The van der Waals surface area contributed by atoms with Crippen molar-refractivity contribution in [3.8, 4) is 5.75 Å². The summed E-state index contributed by atoms with van der Waals surface area (Å²) in [6.07, 6.45) is 4.86. The second-order valence-corrected chi connectivity index (χ2v) is 6.14. The molecule has 1 N–H and O–H groups in total. The smallest absolute Gasteiger partial charge is 0.251 e. The summed E-state index contributed by atoms with van der Waals surface area (Å²) in [5.74, 6) is 1.19. The van der Waals surface area contributed by atoms with E-state index < -0.39 is 0 Å². The predicted octanol–water partition coefficient (Wildman–Crippen LogP) is 4.36. The van der Waals surface area contributed by atoms with E-state index in [0.717, 1.165) is 0 Å². The van der Waals surface area contributed by atoms with Gasteiger partial charge in [0.2, 0.25) is 0 Å². The van der Waals surface area contributed by atoms with Gasteiger partial charge in [-0.25, -0.2) is 0 Å². The van der Waals surface area contributed by atoms with Crippen molar-refractivity contribution in [1.82, 2.24) is 5.32 Å². The molecule has 120 valence electrons. The third-order valence-electron chi connectivity index (χ3n) is 4.65. The number of amides is 1. The van der Waals surface area contributed by atoms with Gasteiger partial charge in [-0.05, 0) is 42.5 Å². The Labute approximate surface area is 137 Å². The van der Waals surface area contributed by atoms with Crippen LogP contribution in [-0.2, 0) is 0 Å². The molecule has 0 unspecified atom stereocenters. The first-order chi connectivity index (χ1) is 11.3. The lowest BCUT2D eigenvalue weighted by Gasteiger charge is -2.25. The number of hydrogen-bond acceptors (Lipinski definition) is 2. The van der Waals surface area contributed by atoms with Crippen LogP contribution >= 0.6 is 0 Å². The molecule has 0 aromatic heterocycles. The Hall–Kier alpha value is -2.29. The molecule has 23 heavy (non-hydrogen) atoms. The van der Waals surface area contributed by atoms with Crippen molar-refractivity contribution in [2.24, 2.45) is 5.92 Å². The van der Waals surface area contributed by atoms with Crippen molar-refractivity contribution in [1.29, 1.82) is 0 Å². The fourth-order valence-corrected chi connectivity index (χ4v) is 3.41. The highest BCUT2D eigenvalue weighted by molar-refractivity contribution is 5.94. The molecule has 0 aliphatic heterocycles. The lowest BCUT2D eigenvalue weighted by molar-refractivity contribution is 0.0921. The molecule has 1 aliphatic rings. The van der Waals surface area contributed by atoms with Crippen LogP contribution in [0, 0.1) is 5.92 Å². The lowest BCUT2D eigenvalue weighted by atomic mass is 9.91. The summed E-state index contributed by atoms with van der Waals surface area (Å²) in [4.78, 5) is 12.7. The maximum absolute atomic E-state index is 12.7. The third kappa shape index (κ3) is 3.73. The Morgan fingerprint density at radius 3 is 2.52 bits per heavy atom. The molecule has 2 aromatic carbocycles. The summed E-state index contributed by atoms with van der Waals surface area (Å²) < 4.78 is 5.21. The van der Waals surface area contributed by atoms with E-state index in [0.29, 0.717) is 17.2 Å². The molecule has 0 saturated heterocycles. The Bertz CT molecular complexity index is 648. The van der Waals surface area contributed by atoms with E-state index >= 15 is 0 Å². The van der Waals surface area contributed by atoms with Crippen LogP contribution in [0.3, 0.4) is 0 Å². The van der Waals surface area contributed by atoms with Crippen LogP contribution in [0.25, 0.3) is 0 Å². The van der Waals surface area contributed by atoms with Crippen LogP contribution in [0.15, 0.2) is 54.6 Å². The quantitative estimate of drug-likeness (QED) is 0.891. The van der Waals surface area contributed by atoms with E-state index in [9.17, 15) is 4.79 Å². The van der Waals surface area contributed by atoms with Crippen LogP contribution in [-0.4, -0.2) is 13.0 Å². The van der Waals surface area contributed by atoms with Gasteiger partial charge in [0.1, 0.15) is 5.75 Å². The molecule has 0 bridgehead atoms. The molecule has 0 radical (unpaired) electrons. The lowest BCUT2D eigenvalue weighted by Crippen LogP contribution is -2.32. The van der Waals surface area contributed by atoms with Gasteiger partial charge in [0.25, 0.3) is 5.91 Å². The maximum atomic E-state index is 12.7. The SMILES string of the molecule is COc1cccc(C(=O)N[C@H](c2ccccc2)C2CCCC2)c1. The minimum Gasteiger partial charge on any atom is -0.497 e. The molecule has 2 aromatic rings. The Morgan fingerprint density at radius 2 is 1.83 bits per heavy atom. The zero-order valence-electron chi connectivity index (χ0n) is 13.5. The van der Waals surface area contributed by atoms with Crippen molar-refractivity contribution in [3.05, 3.63) is 65.7 Å². The highest BCUT2D eigenvalue weighted by Crippen LogP contribution is 2.35. The molecule has 3 nitrogen and oxygen atoms in total. The summed E-state index contributed by atoms with van der Waals surface area (Å²) in [5, 5.41) is 3.25. The summed E-state index contributed by atoms with van der Waals surface area (Å²) in [7, 11) is 1.61. The van der Waals surface area contributed by atoms with Crippen LogP contribution in [0.4, 0.5) is 0 Å². The molecule has 1 amide bonds. The molecule has 0 heterocycles. The second kappa shape index (κ2) is 7.32. The first-order valence-corrected chi connectivity index (χ1v) is 8.28.